The molecule has 0 aromatic carbocycles. The summed E-state index contributed by atoms with van der Waals surface area (Å²) < 4.78 is 0. The first-order valence-electron chi connectivity index (χ1n) is 6.54. The largest absolute Gasteiger partial charge is 0.325 e. The van der Waals surface area contributed by atoms with Crippen LogP contribution in [0.25, 0.3) is 0 Å². The van der Waals surface area contributed by atoms with Gasteiger partial charge in [0.25, 0.3) is 5.91 Å². The van der Waals surface area contributed by atoms with Crippen molar-refractivity contribution < 1.29 is 9.59 Å². The molecule has 96 valence electrons. The number of nitrogens with one attached hydrogen (secondary N) is 2. The smallest absolute Gasteiger partial charge is 0.322 e. The predicted octanol–water partition coefficient (Wildman–Crippen LogP) is 0.851. The Morgan fingerprint density at radius 2 is 2.12 bits per heavy atom. The third kappa shape index (κ3) is 2.29. The SMILES string of the molecule is CCCCCCN1C(=O)NC2(CCNC2)C1=O. The van der Waals surface area contributed by atoms with Gasteiger partial charge in [0.15, 0.2) is 0 Å². The normalized spacial score (nSPS) is 28.2. The molecule has 2 aliphatic heterocycles. The third-order valence-corrected chi connectivity index (χ3v) is 3.64. The van der Waals surface area contributed by atoms with Crippen LogP contribution >= 0.6 is 0 Å². The molecule has 2 saturated heterocycles. The summed E-state index contributed by atoms with van der Waals surface area (Å²) in [7, 11) is 0. The number of hydrogen-bond acceptors (Lipinski definition) is 3. The highest BCUT2D eigenvalue weighted by Gasteiger charge is 2.52. The molecule has 0 saturated carbocycles. The first kappa shape index (κ1) is 12.4. The minimum Gasteiger partial charge on any atom is -0.322 e. The molecule has 0 aromatic heterocycles. The van der Waals surface area contributed by atoms with Gasteiger partial charge >= 0.3 is 6.03 Å². The van der Waals surface area contributed by atoms with Crippen molar-refractivity contribution in [2.45, 2.75) is 44.6 Å². The summed E-state index contributed by atoms with van der Waals surface area (Å²) in [5.41, 5.74) is -0.637. The van der Waals surface area contributed by atoms with Gasteiger partial charge in [0.2, 0.25) is 0 Å². The monoisotopic (exact) mass is 239 g/mol. The first-order chi connectivity index (χ1) is 8.19. The van der Waals surface area contributed by atoms with Gasteiger partial charge in [0.1, 0.15) is 5.54 Å². The lowest BCUT2D eigenvalue weighted by molar-refractivity contribution is -0.130. The maximum atomic E-state index is 12.2. The minimum atomic E-state index is -0.637. The molecule has 1 atom stereocenters. The number of carbonyl (C=O) groups excluding carboxylic acids is 2. The molecule has 3 amide bonds. The standard InChI is InChI=1S/C12H21N3O2/c1-2-3-4-5-8-15-10(16)12(14-11(15)17)6-7-13-9-12/h13H,2-9H2,1H3,(H,14,17). The molecule has 0 bridgehead atoms. The summed E-state index contributed by atoms with van der Waals surface area (Å²) in [6.07, 6.45) is 5.03. The zero-order valence-electron chi connectivity index (χ0n) is 10.4. The van der Waals surface area contributed by atoms with Crippen molar-refractivity contribution in [2.24, 2.45) is 0 Å². The van der Waals surface area contributed by atoms with Crippen LogP contribution in [-0.2, 0) is 4.79 Å². The van der Waals surface area contributed by atoms with Crippen molar-refractivity contribution in [1.29, 1.82) is 0 Å². The summed E-state index contributed by atoms with van der Waals surface area (Å²) >= 11 is 0. The quantitative estimate of drug-likeness (QED) is 0.552. The molecule has 0 radical (unpaired) electrons. The van der Waals surface area contributed by atoms with E-state index in [0.717, 1.165) is 32.2 Å². The van der Waals surface area contributed by atoms with Gasteiger partial charge in [0.05, 0.1) is 0 Å². The van der Waals surface area contributed by atoms with Crippen molar-refractivity contribution in [3.63, 3.8) is 0 Å². The van der Waals surface area contributed by atoms with E-state index in [1.807, 2.05) is 0 Å². The molecule has 5 heteroatoms. The van der Waals surface area contributed by atoms with Crippen molar-refractivity contribution >= 4 is 11.9 Å². The Kier molecular flexibility index (Phi) is 3.66. The van der Waals surface area contributed by atoms with Crippen LogP contribution < -0.4 is 10.6 Å². The molecule has 2 aliphatic rings. The molecule has 1 spiro atoms. The van der Waals surface area contributed by atoms with Gasteiger partial charge in [-0.1, -0.05) is 26.2 Å². The van der Waals surface area contributed by atoms with E-state index >= 15 is 0 Å². The van der Waals surface area contributed by atoms with Gasteiger partial charge in [-0.15, -0.1) is 0 Å². The Balaban J connectivity index is 1.90. The van der Waals surface area contributed by atoms with E-state index in [-0.39, 0.29) is 11.9 Å². The number of hydrogen-bond donors (Lipinski definition) is 2. The van der Waals surface area contributed by atoms with Crippen LogP contribution in [0.1, 0.15) is 39.0 Å². The number of amides is 3. The van der Waals surface area contributed by atoms with Crippen LogP contribution in [-0.4, -0.2) is 42.0 Å². The van der Waals surface area contributed by atoms with E-state index in [0.29, 0.717) is 19.5 Å². The highest BCUT2D eigenvalue weighted by molar-refractivity contribution is 6.07. The van der Waals surface area contributed by atoms with Crippen LogP contribution in [0.2, 0.25) is 0 Å². The molecule has 2 heterocycles. The first-order valence-corrected chi connectivity index (χ1v) is 6.54. The fourth-order valence-electron chi connectivity index (χ4n) is 2.56. The summed E-state index contributed by atoms with van der Waals surface area (Å²) in [6, 6.07) is -0.213. The number of imide groups is 1. The minimum absolute atomic E-state index is 0.0380. The van der Waals surface area contributed by atoms with Gasteiger partial charge in [-0.05, 0) is 19.4 Å². The van der Waals surface area contributed by atoms with E-state index in [1.54, 1.807) is 0 Å². The van der Waals surface area contributed by atoms with Crippen LogP contribution in [0, 0.1) is 0 Å². The van der Waals surface area contributed by atoms with Gasteiger partial charge in [-0.2, -0.15) is 0 Å². The molecule has 0 aromatic rings. The summed E-state index contributed by atoms with van der Waals surface area (Å²) in [6.45, 7) is 4.08. The highest BCUT2D eigenvalue weighted by Crippen LogP contribution is 2.24. The van der Waals surface area contributed by atoms with Gasteiger partial charge < -0.3 is 10.6 Å². The number of unbranched alkanes of at least 4 members (excludes halogenated alkanes) is 3. The summed E-state index contributed by atoms with van der Waals surface area (Å²) in [5, 5.41) is 5.99. The molecule has 1 unspecified atom stereocenters. The number of carbonyl (C=O) groups is 2. The van der Waals surface area contributed by atoms with E-state index in [4.69, 9.17) is 0 Å². The Labute approximate surface area is 102 Å². The fraction of sp³-hybridized carbons (Fsp3) is 0.833. The molecule has 0 aliphatic carbocycles. The Morgan fingerprint density at radius 3 is 2.76 bits per heavy atom. The summed E-state index contributed by atoms with van der Waals surface area (Å²) in [5.74, 6) is -0.0380. The second-order valence-corrected chi connectivity index (χ2v) is 4.96. The maximum absolute atomic E-state index is 12.2. The number of urea groups is 1. The maximum Gasteiger partial charge on any atom is 0.325 e. The van der Waals surface area contributed by atoms with E-state index in [1.165, 1.54) is 4.90 Å². The molecular weight excluding hydrogens is 218 g/mol. The highest BCUT2D eigenvalue weighted by atomic mass is 16.2. The predicted molar refractivity (Wildman–Crippen MR) is 64.6 cm³/mol. The van der Waals surface area contributed by atoms with E-state index < -0.39 is 5.54 Å². The Morgan fingerprint density at radius 1 is 1.29 bits per heavy atom. The zero-order chi connectivity index (χ0) is 12.3. The Hall–Kier alpha value is -1.10. The number of nitrogens with zero attached hydrogens (tertiary/aromatic N) is 1. The van der Waals surface area contributed by atoms with Crippen molar-refractivity contribution in [2.75, 3.05) is 19.6 Å². The molecule has 2 fully saturated rings. The molecular formula is C12H21N3O2. The van der Waals surface area contributed by atoms with Crippen molar-refractivity contribution in [1.82, 2.24) is 15.5 Å². The average molecular weight is 239 g/mol. The van der Waals surface area contributed by atoms with Crippen LogP contribution in [0.4, 0.5) is 4.79 Å². The van der Waals surface area contributed by atoms with Crippen LogP contribution in [0.15, 0.2) is 0 Å². The van der Waals surface area contributed by atoms with E-state index in [2.05, 4.69) is 17.6 Å². The number of rotatable bonds is 5. The van der Waals surface area contributed by atoms with E-state index in [9.17, 15) is 9.59 Å². The molecule has 17 heavy (non-hydrogen) atoms. The van der Waals surface area contributed by atoms with Gasteiger partial charge in [-0.3, -0.25) is 9.69 Å². The van der Waals surface area contributed by atoms with Gasteiger partial charge in [-0.25, -0.2) is 4.79 Å². The lowest BCUT2D eigenvalue weighted by Gasteiger charge is -2.19. The van der Waals surface area contributed by atoms with Crippen LogP contribution in [0.5, 0.6) is 0 Å². The second kappa shape index (κ2) is 5.04. The second-order valence-electron chi connectivity index (χ2n) is 4.96. The lowest BCUT2D eigenvalue weighted by Crippen LogP contribution is -2.48. The molecule has 2 rings (SSSR count). The zero-order valence-corrected chi connectivity index (χ0v) is 10.4. The third-order valence-electron chi connectivity index (χ3n) is 3.64. The summed E-state index contributed by atoms with van der Waals surface area (Å²) in [4.78, 5) is 25.4. The lowest BCUT2D eigenvalue weighted by atomic mass is 9.99. The van der Waals surface area contributed by atoms with Gasteiger partial charge in [0, 0.05) is 13.1 Å². The Bertz CT molecular complexity index is 311. The fourth-order valence-corrected chi connectivity index (χ4v) is 2.56. The molecule has 5 nitrogen and oxygen atoms in total. The topological polar surface area (TPSA) is 61.4 Å². The van der Waals surface area contributed by atoms with Crippen molar-refractivity contribution in [3.8, 4) is 0 Å². The average Bonchev–Trinajstić information content (AvgIpc) is 2.85. The van der Waals surface area contributed by atoms with Crippen molar-refractivity contribution in [3.05, 3.63) is 0 Å². The van der Waals surface area contributed by atoms with Crippen LogP contribution in [0.3, 0.4) is 0 Å². The molecule has 2 N–H and O–H groups in total.